The molecule has 118 valence electrons. The summed E-state index contributed by atoms with van der Waals surface area (Å²) < 4.78 is 26.9. The molecule has 0 saturated heterocycles. The number of aromatic carboxylic acids is 1. The van der Waals surface area contributed by atoms with Gasteiger partial charge in [0.1, 0.15) is 0 Å². The molecule has 0 saturated carbocycles. The Hall–Kier alpha value is -1.44. The van der Waals surface area contributed by atoms with Crippen molar-refractivity contribution in [2.45, 2.75) is 44.6 Å². The minimum atomic E-state index is -3.80. The molecule has 1 rings (SSSR count). The van der Waals surface area contributed by atoms with Crippen LogP contribution in [0.2, 0.25) is 0 Å². The van der Waals surface area contributed by atoms with Gasteiger partial charge in [-0.15, -0.1) is 0 Å². The number of aryl methyl sites for hydroxylation is 1. The number of benzene rings is 1. The quantitative estimate of drug-likeness (QED) is 0.706. The maximum atomic E-state index is 12.3. The average Bonchev–Trinajstić information content (AvgIpc) is 2.40. The van der Waals surface area contributed by atoms with Crippen molar-refractivity contribution in [2.24, 2.45) is 0 Å². The lowest BCUT2D eigenvalue weighted by atomic mass is 10.1. The second-order valence-electron chi connectivity index (χ2n) is 4.97. The Balaban J connectivity index is 3.05. The SMILES string of the molecule is CCC(O)CCNS(=O)(=O)c1cc(C(=O)O)cc(C)c1C. The summed E-state index contributed by atoms with van der Waals surface area (Å²) in [5.74, 6) is -1.17. The summed E-state index contributed by atoms with van der Waals surface area (Å²) in [7, 11) is -3.80. The van der Waals surface area contributed by atoms with Crippen LogP contribution in [-0.4, -0.2) is 37.2 Å². The molecule has 21 heavy (non-hydrogen) atoms. The highest BCUT2D eigenvalue weighted by Gasteiger charge is 2.20. The largest absolute Gasteiger partial charge is 0.478 e. The number of carbonyl (C=O) groups is 1. The summed E-state index contributed by atoms with van der Waals surface area (Å²) >= 11 is 0. The molecule has 1 unspecified atom stereocenters. The third-order valence-electron chi connectivity index (χ3n) is 3.40. The van der Waals surface area contributed by atoms with Gasteiger partial charge in [0, 0.05) is 6.54 Å². The fraction of sp³-hybridized carbons (Fsp3) is 0.500. The van der Waals surface area contributed by atoms with Gasteiger partial charge in [-0.25, -0.2) is 17.9 Å². The van der Waals surface area contributed by atoms with Gasteiger partial charge in [0.05, 0.1) is 16.6 Å². The topological polar surface area (TPSA) is 104 Å². The molecule has 0 aromatic heterocycles. The third kappa shape index (κ3) is 4.52. The van der Waals surface area contributed by atoms with Gasteiger partial charge >= 0.3 is 5.97 Å². The number of carboxylic acids is 1. The summed E-state index contributed by atoms with van der Waals surface area (Å²) in [6.07, 6.45) is 0.307. The highest BCUT2D eigenvalue weighted by Crippen LogP contribution is 2.21. The number of nitrogens with one attached hydrogen (secondary N) is 1. The molecule has 0 fully saturated rings. The van der Waals surface area contributed by atoms with E-state index in [2.05, 4.69) is 4.72 Å². The number of sulfonamides is 1. The average molecular weight is 315 g/mol. The van der Waals surface area contributed by atoms with Crippen LogP contribution in [0, 0.1) is 13.8 Å². The van der Waals surface area contributed by atoms with Gasteiger partial charge in [0.25, 0.3) is 0 Å². The molecule has 0 spiro atoms. The first-order chi connectivity index (χ1) is 9.69. The van der Waals surface area contributed by atoms with E-state index in [1.54, 1.807) is 13.8 Å². The normalized spacial score (nSPS) is 13.1. The predicted molar refractivity (Wildman–Crippen MR) is 79.0 cm³/mol. The zero-order chi connectivity index (χ0) is 16.2. The number of aliphatic hydroxyl groups excluding tert-OH is 1. The van der Waals surface area contributed by atoms with Crippen molar-refractivity contribution in [2.75, 3.05) is 6.54 Å². The zero-order valence-corrected chi connectivity index (χ0v) is 13.2. The van der Waals surface area contributed by atoms with Crippen LogP contribution in [-0.2, 0) is 10.0 Å². The number of rotatable bonds is 7. The van der Waals surface area contributed by atoms with E-state index >= 15 is 0 Å². The van der Waals surface area contributed by atoms with Gasteiger partial charge in [-0.3, -0.25) is 0 Å². The molecule has 0 heterocycles. The van der Waals surface area contributed by atoms with E-state index in [9.17, 15) is 18.3 Å². The highest BCUT2D eigenvalue weighted by atomic mass is 32.2. The molecule has 1 atom stereocenters. The van der Waals surface area contributed by atoms with Crippen LogP contribution >= 0.6 is 0 Å². The van der Waals surface area contributed by atoms with E-state index in [-0.39, 0.29) is 17.0 Å². The second-order valence-corrected chi connectivity index (χ2v) is 6.71. The molecular weight excluding hydrogens is 294 g/mol. The molecule has 0 aliphatic carbocycles. The Bertz CT molecular complexity index is 624. The highest BCUT2D eigenvalue weighted by molar-refractivity contribution is 7.89. The Morgan fingerprint density at radius 2 is 1.95 bits per heavy atom. The van der Waals surface area contributed by atoms with Crippen molar-refractivity contribution in [3.8, 4) is 0 Å². The second kappa shape index (κ2) is 7.02. The molecule has 6 nitrogen and oxygen atoms in total. The molecule has 1 aromatic carbocycles. The fourth-order valence-corrected chi connectivity index (χ4v) is 3.26. The maximum absolute atomic E-state index is 12.3. The van der Waals surface area contributed by atoms with Gasteiger partial charge in [0.15, 0.2) is 0 Å². The summed E-state index contributed by atoms with van der Waals surface area (Å²) in [5, 5.41) is 18.5. The Morgan fingerprint density at radius 1 is 1.33 bits per heavy atom. The molecule has 0 aliphatic heterocycles. The first kappa shape index (κ1) is 17.6. The first-order valence-corrected chi connectivity index (χ1v) is 8.19. The van der Waals surface area contributed by atoms with Crippen LogP contribution in [0.25, 0.3) is 0 Å². The molecule has 3 N–H and O–H groups in total. The first-order valence-electron chi connectivity index (χ1n) is 6.71. The van der Waals surface area contributed by atoms with Gasteiger partial charge in [-0.2, -0.15) is 0 Å². The zero-order valence-electron chi connectivity index (χ0n) is 12.4. The minimum Gasteiger partial charge on any atom is -0.478 e. The molecular formula is C14H21NO5S. The van der Waals surface area contributed by atoms with Crippen LogP contribution in [0.1, 0.15) is 41.3 Å². The van der Waals surface area contributed by atoms with Crippen LogP contribution < -0.4 is 4.72 Å². The van der Waals surface area contributed by atoms with Crippen LogP contribution in [0.3, 0.4) is 0 Å². The molecule has 0 bridgehead atoms. The van der Waals surface area contributed by atoms with E-state index in [0.717, 1.165) is 6.07 Å². The van der Waals surface area contributed by atoms with Gasteiger partial charge < -0.3 is 10.2 Å². The van der Waals surface area contributed by atoms with Crippen molar-refractivity contribution >= 4 is 16.0 Å². The van der Waals surface area contributed by atoms with E-state index in [1.807, 2.05) is 6.92 Å². The number of aliphatic hydroxyl groups is 1. The number of carboxylic acid groups (broad SMARTS) is 1. The van der Waals surface area contributed by atoms with Crippen LogP contribution in [0.15, 0.2) is 17.0 Å². The predicted octanol–water partition coefficient (Wildman–Crippen LogP) is 1.44. The van der Waals surface area contributed by atoms with Crippen LogP contribution in [0.5, 0.6) is 0 Å². The van der Waals surface area contributed by atoms with Crippen LogP contribution in [0.4, 0.5) is 0 Å². The number of hydrogen-bond donors (Lipinski definition) is 3. The van der Waals surface area contributed by atoms with E-state index < -0.39 is 22.1 Å². The van der Waals surface area contributed by atoms with Crippen molar-refractivity contribution in [1.29, 1.82) is 0 Å². The van der Waals surface area contributed by atoms with Gasteiger partial charge in [0.2, 0.25) is 10.0 Å². The molecule has 0 aliphatic rings. The Labute approximate surface area is 124 Å². The standard InChI is InChI=1S/C14H21NO5S/c1-4-12(16)5-6-15-21(19,20)13-8-11(14(17)18)7-9(2)10(13)3/h7-8,12,15-16H,4-6H2,1-3H3,(H,17,18). The van der Waals surface area contributed by atoms with Gasteiger partial charge in [-0.1, -0.05) is 6.92 Å². The maximum Gasteiger partial charge on any atom is 0.335 e. The molecule has 7 heteroatoms. The van der Waals surface area contributed by atoms with Gasteiger partial charge in [-0.05, 0) is 49.9 Å². The summed E-state index contributed by atoms with van der Waals surface area (Å²) in [6, 6.07) is 2.60. The van der Waals surface area contributed by atoms with Crippen molar-refractivity contribution in [3.05, 3.63) is 28.8 Å². The molecule has 0 amide bonds. The number of hydrogen-bond acceptors (Lipinski definition) is 4. The lowest BCUT2D eigenvalue weighted by molar-refractivity contribution is 0.0696. The summed E-state index contributed by atoms with van der Waals surface area (Å²) in [5.41, 5.74) is 1.06. The smallest absolute Gasteiger partial charge is 0.335 e. The minimum absolute atomic E-state index is 0.0362. The van der Waals surface area contributed by atoms with Crippen molar-refractivity contribution in [3.63, 3.8) is 0 Å². The van der Waals surface area contributed by atoms with Crippen molar-refractivity contribution < 1.29 is 23.4 Å². The lowest BCUT2D eigenvalue weighted by Crippen LogP contribution is -2.28. The Morgan fingerprint density at radius 3 is 2.48 bits per heavy atom. The fourth-order valence-electron chi connectivity index (χ4n) is 1.87. The monoisotopic (exact) mass is 315 g/mol. The third-order valence-corrected chi connectivity index (χ3v) is 4.98. The molecule has 0 radical (unpaired) electrons. The lowest BCUT2D eigenvalue weighted by Gasteiger charge is -2.13. The summed E-state index contributed by atoms with van der Waals surface area (Å²) in [6.45, 7) is 5.22. The van der Waals surface area contributed by atoms with E-state index in [0.29, 0.717) is 24.0 Å². The van der Waals surface area contributed by atoms with E-state index in [1.165, 1.54) is 6.07 Å². The molecule has 1 aromatic rings. The summed E-state index contributed by atoms with van der Waals surface area (Å²) in [4.78, 5) is 11.0. The van der Waals surface area contributed by atoms with Crippen molar-refractivity contribution in [1.82, 2.24) is 4.72 Å². The van der Waals surface area contributed by atoms with E-state index in [4.69, 9.17) is 5.11 Å². The Kier molecular flexibility index (Phi) is 5.88.